The van der Waals surface area contributed by atoms with Crippen molar-refractivity contribution in [3.63, 3.8) is 0 Å². The molecule has 10 heteroatoms. The summed E-state index contributed by atoms with van der Waals surface area (Å²) < 4.78 is 53.6. The zero-order valence-electron chi connectivity index (χ0n) is 15.3. The van der Waals surface area contributed by atoms with Gasteiger partial charge in [-0.2, -0.15) is 0 Å². The van der Waals surface area contributed by atoms with Gasteiger partial charge in [0, 0.05) is 0 Å². The first-order valence-electron chi connectivity index (χ1n) is 8.45. The van der Waals surface area contributed by atoms with E-state index in [4.69, 9.17) is 11.5 Å². The van der Waals surface area contributed by atoms with Crippen molar-refractivity contribution in [2.24, 2.45) is 11.5 Å². The van der Waals surface area contributed by atoms with Gasteiger partial charge < -0.3 is 11.5 Å². The van der Waals surface area contributed by atoms with Crippen LogP contribution in [-0.4, -0.2) is 28.6 Å². The van der Waals surface area contributed by atoms with Crippen LogP contribution in [0.25, 0.3) is 0 Å². The first kappa shape index (κ1) is 21.2. The van der Waals surface area contributed by atoms with Gasteiger partial charge in [0.25, 0.3) is 0 Å². The van der Waals surface area contributed by atoms with Crippen molar-refractivity contribution in [1.29, 1.82) is 0 Å². The molecular formula is C20H16N2O6S2. The average Bonchev–Trinajstić information content (AvgIpc) is 2.73. The number of hydrogen-bond donors (Lipinski definition) is 2. The molecular weight excluding hydrogens is 428 g/mol. The van der Waals surface area contributed by atoms with Crippen molar-refractivity contribution in [1.82, 2.24) is 0 Å². The van der Waals surface area contributed by atoms with E-state index >= 15 is 0 Å². The number of hydrogen-bond acceptors (Lipinski definition) is 6. The van der Waals surface area contributed by atoms with Crippen molar-refractivity contribution in [3.8, 4) is 0 Å². The Hall–Kier alpha value is -3.50. The normalized spacial score (nSPS) is 11.7. The highest BCUT2D eigenvalue weighted by molar-refractivity contribution is 7.94. The molecule has 8 nitrogen and oxygen atoms in total. The van der Waals surface area contributed by atoms with Gasteiger partial charge in [-0.1, -0.05) is 36.4 Å². The Labute approximate surface area is 173 Å². The molecule has 0 radical (unpaired) electrons. The van der Waals surface area contributed by atoms with Crippen LogP contribution >= 0.6 is 0 Å². The molecule has 3 aromatic rings. The van der Waals surface area contributed by atoms with E-state index in [0.717, 1.165) is 12.1 Å². The molecule has 3 aromatic carbocycles. The summed E-state index contributed by atoms with van der Waals surface area (Å²) in [6.45, 7) is 0. The second-order valence-electron chi connectivity index (χ2n) is 6.18. The van der Waals surface area contributed by atoms with E-state index in [-0.39, 0.29) is 9.79 Å². The molecule has 0 aliphatic carbocycles. The van der Waals surface area contributed by atoms with E-state index in [0.29, 0.717) is 0 Å². The maximum Gasteiger partial charge on any atom is 0.250 e. The van der Waals surface area contributed by atoms with E-state index in [2.05, 4.69) is 0 Å². The predicted molar refractivity (Wildman–Crippen MR) is 107 cm³/mol. The van der Waals surface area contributed by atoms with Crippen LogP contribution in [0.3, 0.4) is 0 Å². The summed E-state index contributed by atoms with van der Waals surface area (Å²) in [6.07, 6.45) is 0. The second kappa shape index (κ2) is 7.73. The van der Waals surface area contributed by atoms with E-state index in [1.807, 2.05) is 0 Å². The van der Waals surface area contributed by atoms with Crippen LogP contribution in [0, 0.1) is 0 Å². The predicted octanol–water partition coefficient (Wildman–Crippen LogP) is 1.55. The first-order valence-corrected chi connectivity index (χ1v) is 11.4. The Bertz CT molecular complexity index is 1240. The minimum atomic E-state index is -4.58. The summed E-state index contributed by atoms with van der Waals surface area (Å²) in [5.41, 5.74) is 9.56. The van der Waals surface area contributed by atoms with Crippen LogP contribution in [0.1, 0.15) is 20.7 Å². The van der Waals surface area contributed by atoms with Crippen LogP contribution in [0.5, 0.6) is 0 Å². The molecule has 0 unspecified atom stereocenters. The Morgan fingerprint density at radius 3 is 1.10 bits per heavy atom. The van der Waals surface area contributed by atoms with Crippen LogP contribution in [0.15, 0.2) is 92.4 Å². The minimum Gasteiger partial charge on any atom is -0.366 e. The van der Waals surface area contributed by atoms with Gasteiger partial charge in [0.15, 0.2) is 0 Å². The lowest BCUT2D eigenvalue weighted by Gasteiger charge is -2.17. The molecule has 0 heterocycles. The zero-order chi connectivity index (χ0) is 22.1. The molecule has 0 aliphatic rings. The molecule has 0 atom stereocenters. The number of benzene rings is 3. The van der Waals surface area contributed by atoms with Gasteiger partial charge in [-0.25, -0.2) is 16.8 Å². The third-order valence-electron chi connectivity index (χ3n) is 4.29. The van der Waals surface area contributed by atoms with Crippen LogP contribution in [0.4, 0.5) is 0 Å². The van der Waals surface area contributed by atoms with Crippen molar-refractivity contribution in [2.45, 2.75) is 19.6 Å². The molecule has 3 rings (SSSR count). The largest absolute Gasteiger partial charge is 0.366 e. The van der Waals surface area contributed by atoms with Crippen LogP contribution in [-0.2, 0) is 19.7 Å². The molecule has 0 bridgehead atoms. The lowest BCUT2D eigenvalue weighted by molar-refractivity contribution is 0.0983. The summed E-state index contributed by atoms with van der Waals surface area (Å²) in [5, 5.41) is 0. The molecule has 0 aliphatic heterocycles. The summed E-state index contributed by atoms with van der Waals surface area (Å²) in [6, 6.07) is 15.7. The van der Waals surface area contributed by atoms with Crippen LogP contribution in [0.2, 0.25) is 0 Å². The van der Waals surface area contributed by atoms with Gasteiger partial charge in [0.1, 0.15) is 9.79 Å². The molecule has 154 valence electrons. The molecule has 0 saturated heterocycles. The fourth-order valence-electron chi connectivity index (χ4n) is 2.92. The van der Waals surface area contributed by atoms with Gasteiger partial charge in [-0.05, 0) is 36.4 Å². The van der Waals surface area contributed by atoms with E-state index < -0.39 is 52.4 Å². The average molecular weight is 444 g/mol. The Kier molecular flexibility index (Phi) is 5.47. The van der Waals surface area contributed by atoms with Gasteiger partial charge in [-0.15, -0.1) is 0 Å². The van der Waals surface area contributed by atoms with Crippen molar-refractivity contribution < 1.29 is 26.4 Å². The molecule has 0 aromatic heterocycles. The molecule has 30 heavy (non-hydrogen) atoms. The van der Waals surface area contributed by atoms with E-state index in [1.165, 1.54) is 48.5 Å². The fraction of sp³-hybridized carbons (Fsp3) is 0. The maximum absolute atomic E-state index is 13.4. The van der Waals surface area contributed by atoms with Crippen molar-refractivity contribution in [2.75, 3.05) is 0 Å². The quantitative estimate of drug-likeness (QED) is 0.588. The summed E-state index contributed by atoms with van der Waals surface area (Å²) in [7, 11) is -9.16. The van der Waals surface area contributed by atoms with Crippen molar-refractivity contribution >= 4 is 31.5 Å². The third kappa shape index (κ3) is 3.58. The van der Waals surface area contributed by atoms with Gasteiger partial charge in [0.2, 0.25) is 31.5 Å². The maximum atomic E-state index is 13.4. The SMILES string of the molecule is NC(=O)c1ccc(C(N)=O)c(S(=O)(=O)c2ccccc2)c1S(=O)(=O)c1ccccc1. The number of carbonyl (C=O) groups is 2. The monoisotopic (exact) mass is 444 g/mol. The van der Waals surface area contributed by atoms with E-state index in [1.54, 1.807) is 12.1 Å². The number of rotatable bonds is 6. The molecule has 2 amide bonds. The van der Waals surface area contributed by atoms with E-state index in [9.17, 15) is 26.4 Å². The Balaban J connectivity index is 2.55. The summed E-state index contributed by atoms with van der Waals surface area (Å²) in [4.78, 5) is 21.8. The number of carbonyl (C=O) groups excluding carboxylic acids is 2. The highest BCUT2D eigenvalue weighted by Crippen LogP contribution is 2.36. The fourth-order valence-corrected chi connectivity index (χ4v) is 6.70. The standard InChI is InChI=1S/C20H16N2O6S2/c21-19(23)15-11-12-16(20(22)24)18(30(27,28)14-9-5-2-6-10-14)17(15)29(25,26)13-7-3-1-4-8-13/h1-12H,(H2,21,23)(H2,22,24). The zero-order valence-corrected chi connectivity index (χ0v) is 17.0. The first-order chi connectivity index (χ1) is 14.1. The highest BCUT2D eigenvalue weighted by atomic mass is 32.2. The Morgan fingerprint density at radius 2 is 0.833 bits per heavy atom. The van der Waals surface area contributed by atoms with Gasteiger partial charge in [0.05, 0.1) is 20.9 Å². The second-order valence-corrected chi connectivity index (χ2v) is 9.95. The van der Waals surface area contributed by atoms with Crippen molar-refractivity contribution in [3.05, 3.63) is 83.9 Å². The van der Waals surface area contributed by atoms with Gasteiger partial charge in [-0.3, -0.25) is 9.59 Å². The minimum absolute atomic E-state index is 0.279. The highest BCUT2D eigenvalue weighted by Gasteiger charge is 2.36. The smallest absolute Gasteiger partial charge is 0.250 e. The number of primary amides is 2. The topological polar surface area (TPSA) is 154 Å². The number of nitrogens with two attached hydrogens (primary N) is 2. The lowest BCUT2D eigenvalue weighted by Crippen LogP contribution is -2.24. The van der Waals surface area contributed by atoms with Gasteiger partial charge >= 0.3 is 0 Å². The summed E-state index contributed by atoms with van der Waals surface area (Å²) >= 11 is 0. The molecule has 0 saturated carbocycles. The number of sulfone groups is 2. The lowest BCUT2D eigenvalue weighted by atomic mass is 10.1. The molecule has 0 spiro atoms. The molecule has 4 N–H and O–H groups in total. The van der Waals surface area contributed by atoms with Crippen LogP contribution < -0.4 is 11.5 Å². The number of amides is 2. The Morgan fingerprint density at radius 1 is 0.533 bits per heavy atom. The molecule has 0 fully saturated rings. The third-order valence-corrected chi connectivity index (χ3v) is 8.13. The summed E-state index contributed by atoms with van der Waals surface area (Å²) in [5.74, 6) is -2.35.